The largest absolute Gasteiger partial charge is 0.487 e. The van der Waals surface area contributed by atoms with Crippen molar-refractivity contribution in [3.8, 4) is 0 Å². The van der Waals surface area contributed by atoms with Crippen molar-refractivity contribution in [3.63, 3.8) is 0 Å². The van der Waals surface area contributed by atoms with Crippen LogP contribution < -0.4 is 0 Å². The third-order valence-electron chi connectivity index (χ3n) is 1.61. The maximum Gasteiger partial charge on any atom is 0.371 e. The van der Waals surface area contributed by atoms with E-state index in [0.717, 1.165) is 5.56 Å². The van der Waals surface area contributed by atoms with Crippen LogP contribution >= 0.6 is 0 Å². The average molecular weight is 192 g/mol. The van der Waals surface area contributed by atoms with Gasteiger partial charge in [-0.1, -0.05) is 30.3 Å². The number of ether oxygens (including phenoxy) is 1. The summed E-state index contributed by atoms with van der Waals surface area (Å²) in [6.07, 6.45) is 1.51. The molecule has 0 aromatic heterocycles. The van der Waals surface area contributed by atoms with E-state index < -0.39 is 5.97 Å². The number of aliphatic carboxylic acids is 1. The number of carboxylic acids is 1. The number of carbonyl (C=O) groups is 1. The van der Waals surface area contributed by atoms with Gasteiger partial charge in [-0.25, -0.2) is 4.79 Å². The monoisotopic (exact) mass is 192 g/mol. The maximum absolute atomic E-state index is 10.7. The van der Waals surface area contributed by atoms with Gasteiger partial charge in [0.15, 0.2) is 0 Å². The van der Waals surface area contributed by atoms with Crippen LogP contribution in [0.3, 0.4) is 0 Å². The molecule has 0 unspecified atom stereocenters. The molecule has 0 spiro atoms. The van der Waals surface area contributed by atoms with Crippen LogP contribution in [0.5, 0.6) is 0 Å². The van der Waals surface area contributed by atoms with Crippen molar-refractivity contribution >= 4 is 12.0 Å². The molecule has 3 nitrogen and oxygen atoms in total. The van der Waals surface area contributed by atoms with Crippen LogP contribution in [0.2, 0.25) is 0 Å². The zero-order valence-corrected chi connectivity index (χ0v) is 7.93. The van der Waals surface area contributed by atoms with E-state index in [2.05, 4.69) is 0 Å². The molecule has 0 saturated heterocycles. The molecule has 0 aliphatic heterocycles. The molecular formula is C11H12O3. The predicted octanol–water partition coefficient (Wildman–Crippen LogP) is 2.15. The van der Waals surface area contributed by atoms with Gasteiger partial charge in [0.2, 0.25) is 5.76 Å². The first-order valence-corrected chi connectivity index (χ1v) is 4.37. The molecule has 0 aliphatic carbocycles. The summed E-state index contributed by atoms with van der Waals surface area (Å²) in [5.74, 6) is -1.07. The topological polar surface area (TPSA) is 46.5 Å². The van der Waals surface area contributed by atoms with E-state index in [1.807, 2.05) is 30.3 Å². The maximum atomic E-state index is 10.7. The molecule has 1 N–H and O–H groups in total. The summed E-state index contributed by atoms with van der Waals surface area (Å²) in [4.78, 5) is 10.7. The molecule has 0 saturated carbocycles. The second kappa shape index (κ2) is 5.07. The molecule has 1 aromatic carbocycles. The Labute approximate surface area is 82.6 Å². The normalized spacial score (nSPS) is 11.1. The number of hydrogen-bond acceptors (Lipinski definition) is 2. The van der Waals surface area contributed by atoms with Crippen molar-refractivity contribution < 1.29 is 14.6 Å². The van der Waals surface area contributed by atoms with E-state index in [0.29, 0.717) is 6.61 Å². The summed E-state index contributed by atoms with van der Waals surface area (Å²) in [7, 11) is 0. The lowest BCUT2D eigenvalue weighted by Crippen LogP contribution is -2.04. The van der Waals surface area contributed by atoms with E-state index in [1.54, 1.807) is 6.92 Å². The zero-order chi connectivity index (χ0) is 10.4. The fourth-order valence-corrected chi connectivity index (χ4v) is 1.02. The van der Waals surface area contributed by atoms with Gasteiger partial charge < -0.3 is 9.84 Å². The highest BCUT2D eigenvalue weighted by atomic mass is 16.5. The molecule has 0 bridgehead atoms. The lowest BCUT2D eigenvalue weighted by molar-refractivity contribution is -0.136. The fourth-order valence-electron chi connectivity index (χ4n) is 1.02. The Morgan fingerprint density at radius 3 is 2.57 bits per heavy atom. The van der Waals surface area contributed by atoms with Gasteiger partial charge >= 0.3 is 5.97 Å². The Bertz CT molecular complexity index is 328. The van der Waals surface area contributed by atoms with Gasteiger partial charge in [0.25, 0.3) is 0 Å². The minimum Gasteiger partial charge on any atom is -0.487 e. The van der Waals surface area contributed by atoms with Crippen LogP contribution in [-0.2, 0) is 9.53 Å². The SMILES string of the molecule is CCOC(=Cc1ccccc1)C(=O)O. The van der Waals surface area contributed by atoms with Gasteiger partial charge in [-0.2, -0.15) is 0 Å². The molecule has 0 heterocycles. The molecule has 0 amide bonds. The summed E-state index contributed by atoms with van der Waals surface area (Å²) >= 11 is 0. The smallest absolute Gasteiger partial charge is 0.371 e. The minimum atomic E-state index is -1.05. The van der Waals surface area contributed by atoms with E-state index in [9.17, 15) is 4.79 Å². The zero-order valence-electron chi connectivity index (χ0n) is 7.93. The molecule has 0 aliphatic rings. The fraction of sp³-hybridized carbons (Fsp3) is 0.182. The molecular weight excluding hydrogens is 180 g/mol. The lowest BCUT2D eigenvalue weighted by atomic mass is 10.2. The first-order valence-electron chi connectivity index (χ1n) is 4.37. The highest BCUT2D eigenvalue weighted by molar-refractivity contribution is 5.89. The number of rotatable bonds is 4. The van der Waals surface area contributed by atoms with E-state index in [4.69, 9.17) is 9.84 Å². The summed E-state index contributed by atoms with van der Waals surface area (Å²) in [6.45, 7) is 2.10. The minimum absolute atomic E-state index is 0.0290. The van der Waals surface area contributed by atoms with Gasteiger partial charge in [-0.05, 0) is 18.6 Å². The number of benzene rings is 1. The van der Waals surface area contributed by atoms with Gasteiger partial charge in [0.05, 0.1) is 6.61 Å². The second-order valence-electron chi connectivity index (χ2n) is 2.66. The van der Waals surface area contributed by atoms with Gasteiger partial charge in [0, 0.05) is 0 Å². The lowest BCUT2D eigenvalue weighted by Gasteiger charge is -2.02. The Hall–Kier alpha value is -1.77. The average Bonchev–Trinajstić information content (AvgIpc) is 2.18. The summed E-state index contributed by atoms with van der Waals surface area (Å²) < 4.78 is 4.97. The number of hydrogen-bond donors (Lipinski definition) is 1. The highest BCUT2D eigenvalue weighted by Gasteiger charge is 2.06. The molecule has 0 radical (unpaired) electrons. The molecule has 0 atom stereocenters. The third-order valence-corrected chi connectivity index (χ3v) is 1.61. The Morgan fingerprint density at radius 2 is 2.07 bits per heavy atom. The summed E-state index contributed by atoms with van der Waals surface area (Å²) in [6, 6.07) is 9.21. The van der Waals surface area contributed by atoms with Crippen LogP contribution in [0, 0.1) is 0 Å². The van der Waals surface area contributed by atoms with Crippen LogP contribution in [0.15, 0.2) is 36.1 Å². The van der Waals surface area contributed by atoms with Crippen molar-refractivity contribution in [2.24, 2.45) is 0 Å². The molecule has 3 heteroatoms. The first kappa shape index (κ1) is 10.3. The van der Waals surface area contributed by atoms with Crippen LogP contribution in [0.25, 0.3) is 6.08 Å². The molecule has 1 aromatic rings. The predicted molar refractivity (Wildman–Crippen MR) is 53.7 cm³/mol. The van der Waals surface area contributed by atoms with Crippen molar-refractivity contribution in [3.05, 3.63) is 41.7 Å². The second-order valence-corrected chi connectivity index (χ2v) is 2.66. The van der Waals surface area contributed by atoms with Gasteiger partial charge in [-0.15, -0.1) is 0 Å². The van der Waals surface area contributed by atoms with Crippen molar-refractivity contribution in [1.29, 1.82) is 0 Å². The van der Waals surface area contributed by atoms with Crippen molar-refractivity contribution in [1.82, 2.24) is 0 Å². The van der Waals surface area contributed by atoms with Crippen molar-refractivity contribution in [2.45, 2.75) is 6.92 Å². The third kappa shape index (κ3) is 2.94. The highest BCUT2D eigenvalue weighted by Crippen LogP contribution is 2.07. The van der Waals surface area contributed by atoms with E-state index >= 15 is 0 Å². The molecule has 0 fully saturated rings. The van der Waals surface area contributed by atoms with Crippen LogP contribution in [0.1, 0.15) is 12.5 Å². The summed E-state index contributed by atoms with van der Waals surface area (Å²) in [5, 5.41) is 8.77. The van der Waals surface area contributed by atoms with Crippen molar-refractivity contribution in [2.75, 3.05) is 6.61 Å². The van der Waals surface area contributed by atoms with Gasteiger partial charge in [0.1, 0.15) is 0 Å². The first-order chi connectivity index (χ1) is 6.74. The Balaban J connectivity index is 2.88. The van der Waals surface area contributed by atoms with Gasteiger partial charge in [-0.3, -0.25) is 0 Å². The number of carboxylic acid groups (broad SMARTS) is 1. The van der Waals surface area contributed by atoms with E-state index in [-0.39, 0.29) is 5.76 Å². The quantitative estimate of drug-likeness (QED) is 0.587. The summed E-state index contributed by atoms with van der Waals surface area (Å²) in [5.41, 5.74) is 0.818. The van der Waals surface area contributed by atoms with E-state index in [1.165, 1.54) is 6.08 Å². The molecule has 14 heavy (non-hydrogen) atoms. The van der Waals surface area contributed by atoms with Crippen LogP contribution in [-0.4, -0.2) is 17.7 Å². The van der Waals surface area contributed by atoms with Crippen LogP contribution in [0.4, 0.5) is 0 Å². The molecule has 74 valence electrons. The Morgan fingerprint density at radius 1 is 1.43 bits per heavy atom. The molecule has 1 rings (SSSR count). The standard InChI is InChI=1S/C11H12O3/c1-2-14-10(11(12)13)8-9-6-4-3-5-7-9/h3-8H,2H2,1H3,(H,12,13). The Kier molecular flexibility index (Phi) is 3.73.